The third-order valence-corrected chi connectivity index (χ3v) is 6.36. The fourth-order valence-electron chi connectivity index (χ4n) is 3.79. The fourth-order valence-corrected chi connectivity index (χ4v) is 4.57. The molecule has 0 saturated heterocycles. The van der Waals surface area contributed by atoms with Gasteiger partial charge in [0.2, 0.25) is 0 Å². The molecule has 0 spiro atoms. The maximum absolute atomic E-state index is 11.7. The Kier molecular flexibility index (Phi) is 16.8. The van der Waals surface area contributed by atoms with Crippen molar-refractivity contribution in [3.8, 4) is 0 Å². The summed E-state index contributed by atoms with van der Waals surface area (Å²) < 4.78 is 35.2. The van der Waals surface area contributed by atoms with E-state index in [1.807, 2.05) is 6.07 Å². The Bertz CT molecular complexity index is 654. The normalized spacial score (nSPS) is 11.8. The van der Waals surface area contributed by atoms with Gasteiger partial charge < -0.3 is 4.55 Å². The second-order valence-electron chi connectivity index (χ2n) is 9.04. The maximum atomic E-state index is 11.7. The molecule has 0 amide bonds. The summed E-state index contributed by atoms with van der Waals surface area (Å²) in [6.07, 6.45) is 13.2. The van der Waals surface area contributed by atoms with Crippen molar-refractivity contribution >= 4 is 10.1 Å². The molecule has 0 fully saturated rings. The van der Waals surface area contributed by atoms with Crippen molar-refractivity contribution in [3.63, 3.8) is 0 Å². The molecule has 1 rings (SSSR count). The van der Waals surface area contributed by atoms with E-state index in [1.165, 1.54) is 44.6 Å². The van der Waals surface area contributed by atoms with Gasteiger partial charge in [0.05, 0.1) is 4.90 Å². The molecule has 162 valence electrons. The van der Waals surface area contributed by atoms with Crippen molar-refractivity contribution in [1.29, 1.82) is 0 Å². The van der Waals surface area contributed by atoms with Gasteiger partial charge in [0.1, 0.15) is 10.1 Å². The van der Waals surface area contributed by atoms with E-state index in [2.05, 4.69) is 27.7 Å². The molecule has 0 aliphatic heterocycles. The predicted octanol–water partition coefficient (Wildman–Crippen LogP) is 3.89. The van der Waals surface area contributed by atoms with Crippen LogP contribution in [0.5, 0.6) is 0 Å². The van der Waals surface area contributed by atoms with Gasteiger partial charge in [-0.3, -0.25) is 0 Å². The molecule has 5 heteroatoms. The van der Waals surface area contributed by atoms with Crippen LogP contribution in [-0.4, -0.2) is 13.0 Å². The summed E-state index contributed by atoms with van der Waals surface area (Å²) in [5.74, 6) is 1.49. The van der Waals surface area contributed by atoms with Crippen LogP contribution in [0.4, 0.5) is 0 Å². The Labute approximate surface area is 223 Å². The number of hydrogen-bond acceptors (Lipinski definition) is 3. The Balaban J connectivity index is 0.00000784. The molecule has 0 N–H and O–H groups in total. The molecule has 0 aliphatic rings. The first kappa shape index (κ1) is 29.8. The molecule has 0 radical (unpaired) electrons. The van der Waals surface area contributed by atoms with Crippen molar-refractivity contribution < 1.29 is 64.4 Å². The Morgan fingerprint density at radius 2 is 1.24 bits per heavy atom. The first-order valence-corrected chi connectivity index (χ1v) is 12.7. The molecule has 0 saturated carbocycles. The second-order valence-corrected chi connectivity index (χ2v) is 10.4. The van der Waals surface area contributed by atoms with E-state index >= 15 is 0 Å². The average molecular weight is 449 g/mol. The molecule has 0 aromatic heterocycles. The molecule has 1 aromatic carbocycles. The second kappa shape index (κ2) is 16.4. The van der Waals surface area contributed by atoms with Crippen LogP contribution in [0.1, 0.15) is 103 Å². The first-order chi connectivity index (χ1) is 13.2. The Morgan fingerprint density at radius 1 is 0.759 bits per heavy atom. The van der Waals surface area contributed by atoms with Crippen LogP contribution in [0.2, 0.25) is 0 Å². The van der Waals surface area contributed by atoms with Crippen LogP contribution in [0.15, 0.2) is 23.1 Å². The van der Waals surface area contributed by atoms with E-state index in [0.29, 0.717) is 6.42 Å². The van der Waals surface area contributed by atoms with E-state index in [1.54, 1.807) is 6.07 Å². The quantitative estimate of drug-likeness (QED) is 0.232. The summed E-state index contributed by atoms with van der Waals surface area (Å²) in [6.45, 7) is 8.99. The van der Waals surface area contributed by atoms with Crippen molar-refractivity contribution in [2.75, 3.05) is 0 Å². The van der Waals surface area contributed by atoms with Gasteiger partial charge in [0.15, 0.2) is 0 Å². The number of rotatable bonds is 15. The summed E-state index contributed by atoms with van der Waals surface area (Å²) in [7, 11) is -4.41. The van der Waals surface area contributed by atoms with Crippen LogP contribution in [0.25, 0.3) is 0 Å². The van der Waals surface area contributed by atoms with Gasteiger partial charge in [-0.05, 0) is 54.7 Å². The maximum Gasteiger partial charge on any atom is 1.00 e. The zero-order valence-electron chi connectivity index (χ0n) is 19.5. The van der Waals surface area contributed by atoms with E-state index in [0.717, 1.165) is 55.1 Å². The molecule has 0 atom stereocenters. The molecule has 0 bridgehead atoms. The zero-order chi connectivity index (χ0) is 21.0. The molecule has 1 aromatic rings. The fraction of sp³-hybridized carbons (Fsp3) is 0.750. The van der Waals surface area contributed by atoms with Crippen LogP contribution in [0.3, 0.4) is 0 Å². The molecule has 0 aliphatic carbocycles. The van der Waals surface area contributed by atoms with Crippen molar-refractivity contribution in [1.82, 2.24) is 0 Å². The van der Waals surface area contributed by atoms with E-state index in [9.17, 15) is 13.0 Å². The van der Waals surface area contributed by atoms with Crippen LogP contribution < -0.4 is 51.4 Å². The van der Waals surface area contributed by atoms with Crippen LogP contribution in [0, 0.1) is 11.8 Å². The van der Waals surface area contributed by atoms with Crippen LogP contribution >= 0.6 is 0 Å². The van der Waals surface area contributed by atoms with Gasteiger partial charge in [-0.25, -0.2) is 8.42 Å². The third kappa shape index (κ3) is 13.7. The number of hydrogen-bond donors (Lipinski definition) is 0. The SMILES string of the molecule is CC(C)CCCCCCc1cccc(S(=O)(=O)[O-])c1CCCCCCC(C)C.[K+]. The standard InChI is InChI=1S/C24H42O3S.K/c1-20(2)14-9-5-7-11-16-22-17-13-19-24(28(25,26)27)23(22)18-12-8-6-10-15-21(3)4;/h13,17,19-21H,5-12,14-16,18H2,1-4H3,(H,25,26,27);/q;+1/p-1. The smallest absolute Gasteiger partial charge is 0.744 e. The van der Waals surface area contributed by atoms with E-state index in [-0.39, 0.29) is 56.3 Å². The average Bonchev–Trinajstić information content (AvgIpc) is 2.60. The Morgan fingerprint density at radius 3 is 1.72 bits per heavy atom. The van der Waals surface area contributed by atoms with Gasteiger partial charge in [0, 0.05) is 0 Å². The molecule has 29 heavy (non-hydrogen) atoms. The summed E-state index contributed by atoms with van der Waals surface area (Å²) in [5, 5.41) is 0. The molecule has 0 heterocycles. The largest absolute Gasteiger partial charge is 1.00 e. The van der Waals surface area contributed by atoms with Crippen molar-refractivity contribution in [3.05, 3.63) is 29.3 Å². The van der Waals surface area contributed by atoms with E-state index in [4.69, 9.17) is 0 Å². The van der Waals surface area contributed by atoms with Gasteiger partial charge in [-0.15, -0.1) is 0 Å². The number of benzene rings is 1. The topological polar surface area (TPSA) is 57.2 Å². The van der Waals surface area contributed by atoms with Crippen molar-refractivity contribution in [2.24, 2.45) is 11.8 Å². The molecular formula is C24H41KO3S. The summed E-state index contributed by atoms with van der Waals surface area (Å²) in [4.78, 5) is 0.00647. The molecular weight excluding hydrogens is 407 g/mol. The summed E-state index contributed by atoms with van der Waals surface area (Å²) in [6, 6.07) is 5.23. The van der Waals surface area contributed by atoms with Gasteiger partial charge in [0.25, 0.3) is 0 Å². The minimum atomic E-state index is -4.41. The summed E-state index contributed by atoms with van der Waals surface area (Å²) in [5.41, 5.74) is 1.84. The number of unbranched alkanes of at least 4 members (excludes halogenated alkanes) is 6. The third-order valence-electron chi connectivity index (χ3n) is 5.44. The van der Waals surface area contributed by atoms with Gasteiger partial charge in [-0.1, -0.05) is 91.2 Å². The van der Waals surface area contributed by atoms with E-state index < -0.39 is 10.1 Å². The number of aryl methyl sites for hydroxylation is 1. The molecule has 0 unspecified atom stereocenters. The van der Waals surface area contributed by atoms with Crippen LogP contribution in [-0.2, 0) is 23.0 Å². The minimum Gasteiger partial charge on any atom is -0.744 e. The predicted molar refractivity (Wildman–Crippen MR) is 118 cm³/mol. The molecule has 3 nitrogen and oxygen atoms in total. The minimum absolute atomic E-state index is 0. The van der Waals surface area contributed by atoms with Gasteiger partial charge >= 0.3 is 51.4 Å². The zero-order valence-corrected chi connectivity index (χ0v) is 23.4. The van der Waals surface area contributed by atoms with Crippen molar-refractivity contribution in [2.45, 2.75) is 110 Å². The monoisotopic (exact) mass is 448 g/mol. The van der Waals surface area contributed by atoms with Gasteiger partial charge in [-0.2, -0.15) is 0 Å². The first-order valence-electron chi connectivity index (χ1n) is 11.3. The summed E-state index contributed by atoms with van der Waals surface area (Å²) >= 11 is 0. The Hall–Kier alpha value is 0.766.